The van der Waals surface area contributed by atoms with Crippen LogP contribution in [0.25, 0.3) is 0 Å². The zero-order valence-electron chi connectivity index (χ0n) is 18.9. The van der Waals surface area contributed by atoms with Crippen molar-refractivity contribution in [2.45, 2.75) is 47.1 Å². The van der Waals surface area contributed by atoms with Gasteiger partial charge in [-0.3, -0.25) is 4.79 Å². The average molecular weight is 541 g/mol. The van der Waals surface area contributed by atoms with E-state index in [-0.39, 0.29) is 46.5 Å². The molecule has 0 bridgehead atoms. The predicted molar refractivity (Wildman–Crippen MR) is 113 cm³/mol. The van der Waals surface area contributed by atoms with Crippen molar-refractivity contribution in [3.63, 3.8) is 0 Å². The van der Waals surface area contributed by atoms with Crippen LogP contribution < -0.4 is 30.7 Å². The highest BCUT2D eigenvalue weighted by Crippen LogP contribution is 2.16. The molecule has 0 saturated heterocycles. The van der Waals surface area contributed by atoms with Crippen LogP contribution in [0.2, 0.25) is 0 Å². The SMILES string of the molecule is CC(C)(C)OC(=O)COc1ccc([I+]c2ccc(OCOC(=O)C(C)(C)C)cc2)cc1. The first-order valence-electron chi connectivity index (χ1n) is 9.92. The number of hydrogen-bond acceptors (Lipinski definition) is 6. The Morgan fingerprint density at radius 3 is 1.71 bits per heavy atom. The van der Waals surface area contributed by atoms with Crippen molar-refractivity contribution in [2.24, 2.45) is 5.41 Å². The van der Waals surface area contributed by atoms with Gasteiger partial charge in [-0.1, -0.05) is 0 Å². The predicted octanol–water partition coefficient (Wildman–Crippen LogP) is 1.46. The molecule has 2 rings (SSSR count). The molecule has 0 aliphatic heterocycles. The fraction of sp³-hybridized carbons (Fsp3) is 0.417. The van der Waals surface area contributed by atoms with Crippen LogP contribution in [0, 0.1) is 12.6 Å². The highest BCUT2D eigenvalue weighted by Gasteiger charge is 2.23. The number of rotatable bonds is 8. The summed E-state index contributed by atoms with van der Waals surface area (Å²) in [4.78, 5) is 23.5. The lowest BCUT2D eigenvalue weighted by Crippen LogP contribution is -3.61. The van der Waals surface area contributed by atoms with Crippen LogP contribution in [-0.2, 0) is 19.1 Å². The number of ether oxygens (including phenoxy) is 4. The Morgan fingerprint density at radius 2 is 1.26 bits per heavy atom. The molecule has 168 valence electrons. The molecule has 6 nitrogen and oxygen atoms in total. The van der Waals surface area contributed by atoms with Crippen molar-refractivity contribution in [3.8, 4) is 11.5 Å². The lowest BCUT2D eigenvalue weighted by Gasteiger charge is -2.19. The second-order valence-electron chi connectivity index (χ2n) is 8.82. The highest BCUT2D eigenvalue weighted by molar-refractivity contribution is 5.75. The maximum absolute atomic E-state index is 11.7. The summed E-state index contributed by atoms with van der Waals surface area (Å²) in [5, 5.41) is 0. The van der Waals surface area contributed by atoms with Gasteiger partial charge in [-0.25, -0.2) is 4.79 Å². The maximum atomic E-state index is 11.7. The van der Waals surface area contributed by atoms with Crippen LogP contribution in [-0.4, -0.2) is 30.9 Å². The van der Waals surface area contributed by atoms with E-state index in [1.807, 2.05) is 69.3 Å². The zero-order chi connectivity index (χ0) is 23.1. The van der Waals surface area contributed by atoms with Crippen molar-refractivity contribution >= 4 is 11.9 Å². The van der Waals surface area contributed by atoms with Gasteiger partial charge in [0.15, 0.2) is 13.7 Å². The molecule has 0 amide bonds. The molecule has 2 aromatic carbocycles. The Morgan fingerprint density at radius 1 is 0.774 bits per heavy atom. The van der Waals surface area contributed by atoms with Crippen molar-refractivity contribution in [3.05, 3.63) is 55.7 Å². The second kappa shape index (κ2) is 10.8. The molecule has 0 heterocycles. The van der Waals surface area contributed by atoms with E-state index < -0.39 is 11.0 Å². The van der Waals surface area contributed by atoms with E-state index >= 15 is 0 Å². The van der Waals surface area contributed by atoms with Crippen LogP contribution in [0.4, 0.5) is 0 Å². The summed E-state index contributed by atoms with van der Waals surface area (Å²) in [6.45, 7) is 10.7. The molecule has 0 aromatic heterocycles. The molecular formula is C24H30IO6+. The van der Waals surface area contributed by atoms with Gasteiger partial charge < -0.3 is 18.9 Å². The number of esters is 2. The molecule has 0 radical (unpaired) electrons. The molecule has 0 spiro atoms. The topological polar surface area (TPSA) is 71.1 Å². The standard InChI is InChI=1S/C24H30IO6/c1-23(2,3)22(27)30-16-29-20-13-9-18(10-14-20)25-17-7-11-19(12-8-17)28-15-21(26)31-24(4,5)6/h7-14H,15-16H2,1-6H3/q+1. The van der Waals surface area contributed by atoms with E-state index in [1.165, 1.54) is 7.14 Å². The minimum atomic E-state index is -0.548. The van der Waals surface area contributed by atoms with Crippen LogP contribution in [0.3, 0.4) is 0 Å². The minimum Gasteiger partial charge on any atom is -0.482 e. The van der Waals surface area contributed by atoms with Gasteiger partial charge in [0.25, 0.3) is 0 Å². The van der Waals surface area contributed by atoms with E-state index in [0.717, 1.165) is 0 Å². The highest BCUT2D eigenvalue weighted by atomic mass is 127. The van der Waals surface area contributed by atoms with Crippen LogP contribution >= 0.6 is 0 Å². The molecule has 31 heavy (non-hydrogen) atoms. The number of carbonyl (C=O) groups is 2. The summed E-state index contributed by atoms with van der Waals surface area (Å²) in [7, 11) is 0. The fourth-order valence-corrected chi connectivity index (χ4v) is 4.35. The summed E-state index contributed by atoms with van der Waals surface area (Å²) in [5.41, 5.74) is -1.07. The van der Waals surface area contributed by atoms with Gasteiger partial charge in [0.2, 0.25) is 6.79 Å². The molecule has 0 N–H and O–H groups in total. The third-order valence-electron chi connectivity index (χ3n) is 3.65. The summed E-state index contributed by atoms with van der Waals surface area (Å²) in [6, 6.07) is 15.5. The monoisotopic (exact) mass is 541 g/mol. The molecule has 2 aromatic rings. The van der Waals surface area contributed by atoms with Crippen molar-refractivity contribution in [2.75, 3.05) is 13.4 Å². The molecule has 0 aliphatic rings. The first kappa shape index (κ1) is 25.0. The van der Waals surface area contributed by atoms with Crippen molar-refractivity contribution < 1.29 is 49.7 Å². The van der Waals surface area contributed by atoms with E-state index in [9.17, 15) is 9.59 Å². The second-order valence-corrected chi connectivity index (χ2v) is 11.9. The molecular weight excluding hydrogens is 511 g/mol. The molecule has 0 saturated carbocycles. The number of carbonyl (C=O) groups excluding carboxylic acids is 2. The van der Waals surface area contributed by atoms with Gasteiger partial charge in [-0.15, -0.1) is 0 Å². The van der Waals surface area contributed by atoms with Gasteiger partial charge >= 0.3 is 33.1 Å². The quantitative estimate of drug-likeness (QED) is 0.287. The first-order valence-corrected chi connectivity index (χ1v) is 12.1. The Hall–Kier alpha value is -2.29. The largest absolute Gasteiger partial charge is 0.482 e. The minimum absolute atomic E-state index is 0.102. The Labute approximate surface area is 194 Å². The number of benzene rings is 2. The average Bonchev–Trinajstić information content (AvgIpc) is 2.66. The van der Waals surface area contributed by atoms with E-state index in [2.05, 4.69) is 0 Å². The summed E-state index contributed by atoms with van der Waals surface area (Å²) < 4.78 is 23.8. The lowest BCUT2D eigenvalue weighted by atomic mass is 9.98. The number of hydrogen-bond donors (Lipinski definition) is 0. The zero-order valence-corrected chi connectivity index (χ0v) is 21.0. The summed E-state index contributed by atoms with van der Waals surface area (Å²) in [5.74, 6) is 0.598. The van der Waals surface area contributed by atoms with Gasteiger partial charge in [0.1, 0.15) is 17.1 Å². The first-order chi connectivity index (χ1) is 14.4. The number of halogens is 1. The molecule has 7 heteroatoms. The van der Waals surface area contributed by atoms with Crippen molar-refractivity contribution in [1.82, 2.24) is 0 Å². The van der Waals surface area contributed by atoms with Crippen molar-refractivity contribution in [1.29, 1.82) is 0 Å². The summed E-state index contributed by atoms with van der Waals surface area (Å²) in [6.07, 6.45) is 0. The normalized spacial score (nSPS) is 11.5. The van der Waals surface area contributed by atoms with E-state index in [0.29, 0.717) is 11.5 Å². The van der Waals surface area contributed by atoms with Gasteiger partial charge in [0.05, 0.1) is 5.41 Å². The fourth-order valence-electron chi connectivity index (χ4n) is 2.19. The maximum Gasteiger partial charge on any atom is 0.357 e. The molecule has 0 unspecified atom stereocenters. The Balaban J connectivity index is 1.80. The van der Waals surface area contributed by atoms with Gasteiger partial charge in [0, 0.05) is 0 Å². The third kappa shape index (κ3) is 9.59. The lowest BCUT2D eigenvalue weighted by molar-refractivity contribution is -0.597. The Kier molecular flexibility index (Phi) is 8.73. The smallest absolute Gasteiger partial charge is 0.357 e. The molecule has 0 atom stereocenters. The van der Waals surface area contributed by atoms with E-state index in [1.54, 1.807) is 20.8 Å². The van der Waals surface area contributed by atoms with Crippen LogP contribution in [0.5, 0.6) is 11.5 Å². The van der Waals surface area contributed by atoms with Gasteiger partial charge in [-0.2, -0.15) is 0 Å². The molecule has 0 fully saturated rings. The van der Waals surface area contributed by atoms with E-state index in [4.69, 9.17) is 18.9 Å². The third-order valence-corrected chi connectivity index (χ3v) is 6.33. The van der Waals surface area contributed by atoms with Gasteiger partial charge in [-0.05, 0) is 90.1 Å². The summed E-state index contributed by atoms with van der Waals surface area (Å²) >= 11 is -0.367. The molecule has 0 aliphatic carbocycles. The van der Waals surface area contributed by atoms with Crippen LogP contribution in [0.15, 0.2) is 48.5 Å². The Bertz CT molecular complexity index is 861. The van der Waals surface area contributed by atoms with Crippen LogP contribution in [0.1, 0.15) is 41.5 Å².